The largest absolute Gasteiger partial charge is 0.495 e. The zero-order chi connectivity index (χ0) is 28.6. The summed E-state index contributed by atoms with van der Waals surface area (Å²) in [6, 6.07) is 19.9. The highest BCUT2D eigenvalue weighted by atomic mass is 16.6. The molecule has 0 radical (unpaired) electrons. The number of unbranched alkanes of at least 4 members (excludes halogenated alkanes) is 1. The Balaban J connectivity index is 1.83. The van der Waals surface area contributed by atoms with Gasteiger partial charge in [-0.15, -0.1) is 0 Å². The van der Waals surface area contributed by atoms with E-state index in [1.807, 2.05) is 25.1 Å². The van der Waals surface area contributed by atoms with Crippen molar-refractivity contribution in [1.29, 1.82) is 0 Å². The first-order valence-electron chi connectivity index (χ1n) is 13.3. The molecule has 9 heteroatoms. The van der Waals surface area contributed by atoms with Gasteiger partial charge in [0.2, 0.25) is 5.91 Å². The van der Waals surface area contributed by atoms with Crippen molar-refractivity contribution in [2.24, 2.45) is 0 Å². The highest BCUT2D eigenvalue weighted by molar-refractivity contribution is 5.92. The van der Waals surface area contributed by atoms with Crippen molar-refractivity contribution < 1.29 is 14.5 Å². The Kier molecular flexibility index (Phi) is 9.06. The van der Waals surface area contributed by atoms with E-state index >= 15 is 0 Å². The summed E-state index contributed by atoms with van der Waals surface area (Å²) in [5.41, 5.74) is 1.50. The lowest BCUT2D eigenvalue weighted by molar-refractivity contribution is -0.384. The van der Waals surface area contributed by atoms with Crippen LogP contribution >= 0.6 is 0 Å². The standard InChI is InChI=1S/C31H32N4O5/c1-4-6-21-33(29(36)20-17-22-15-18-23(19-16-22)35(38)39)26(5-2)30-32-25-12-8-7-11-24(25)31(37)34(30)27-13-9-10-14-28(27)40-3/h7-20,26H,4-6,21H2,1-3H3/b20-17+. The van der Waals surface area contributed by atoms with Gasteiger partial charge in [0, 0.05) is 24.8 Å². The van der Waals surface area contributed by atoms with Crippen LogP contribution in [-0.2, 0) is 4.79 Å². The maximum atomic E-state index is 13.9. The number of nitro groups is 1. The molecule has 40 heavy (non-hydrogen) atoms. The van der Waals surface area contributed by atoms with Gasteiger partial charge in [0.15, 0.2) is 0 Å². The molecule has 206 valence electrons. The van der Waals surface area contributed by atoms with Gasteiger partial charge in [-0.05, 0) is 60.9 Å². The fourth-order valence-corrected chi connectivity index (χ4v) is 4.68. The van der Waals surface area contributed by atoms with Crippen molar-refractivity contribution in [3.8, 4) is 11.4 Å². The number of ether oxygens (including phenoxy) is 1. The van der Waals surface area contributed by atoms with Gasteiger partial charge in [0.25, 0.3) is 11.2 Å². The average Bonchev–Trinajstić information content (AvgIpc) is 2.98. The predicted molar refractivity (Wildman–Crippen MR) is 156 cm³/mol. The molecule has 1 heterocycles. The molecule has 0 fully saturated rings. The molecule has 9 nitrogen and oxygen atoms in total. The lowest BCUT2D eigenvalue weighted by Gasteiger charge is -2.32. The number of nitrogens with zero attached hydrogens (tertiary/aromatic N) is 4. The molecule has 1 aromatic heterocycles. The first-order valence-corrected chi connectivity index (χ1v) is 13.3. The minimum Gasteiger partial charge on any atom is -0.495 e. The van der Waals surface area contributed by atoms with Crippen LogP contribution in [0.5, 0.6) is 5.75 Å². The van der Waals surface area contributed by atoms with Crippen LogP contribution in [0.3, 0.4) is 0 Å². The number of carbonyl (C=O) groups excluding carboxylic acids is 1. The molecule has 0 N–H and O–H groups in total. The van der Waals surface area contributed by atoms with Crippen LogP contribution in [0, 0.1) is 10.1 Å². The number of aromatic nitrogens is 2. The molecule has 1 atom stereocenters. The predicted octanol–water partition coefficient (Wildman–Crippen LogP) is 6.10. The molecule has 0 aliphatic rings. The first-order chi connectivity index (χ1) is 19.4. The third-order valence-corrected chi connectivity index (χ3v) is 6.75. The van der Waals surface area contributed by atoms with E-state index < -0.39 is 11.0 Å². The van der Waals surface area contributed by atoms with Gasteiger partial charge in [-0.1, -0.05) is 44.5 Å². The van der Waals surface area contributed by atoms with Crippen molar-refractivity contribution in [3.63, 3.8) is 0 Å². The number of rotatable bonds is 11. The van der Waals surface area contributed by atoms with Crippen molar-refractivity contribution >= 4 is 28.6 Å². The molecule has 0 spiro atoms. The molecular weight excluding hydrogens is 508 g/mol. The quantitative estimate of drug-likeness (QED) is 0.129. The summed E-state index contributed by atoms with van der Waals surface area (Å²) in [6.07, 6.45) is 5.25. The molecule has 1 amide bonds. The Morgan fingerprint density at radius 2 is 1.77 bits per heavy atom. The molecule has 0 aliphatic heterocycles. The summed E-state index contributed by atoms with van der Waals surface area (Å²) < 4.78 is 7.15. The van der Waals surface area contributed by atoms with Gasteiger partial charge in [0.1, 0.15) is 11.6 Å². The topological polar surface area (TPSA) is 108 Å². The highest BCUT2D eigenvalue weighted by Gasteiger charge is 2.28. The second-order valence-electron chi connectivity index (χ2n) is 9.29. The minimum atomic E-state index is -0.511. The van der Waals surface area contributed by atoms with Gasteiger partial charge in [-0.25, -0.2) is 4.98 Å². The highest BCUT2D eigenvalue weighted by Crippen LogP contribution is 2.30. The average molecular weight is 541 g/mol. The molecule has 3 aromatic carbocycles. The van der Waals surface area contributed by atoms with E-state index in [9.17, 15) is 19.7 Å². The molecule has 0 aliphatic carbocycles. The van der Waals surface area contributed by atoms with Gasteiger partial charge < -0.3 is 9.64 Å². The Morgan fingerprint density at radius 1 is 1.07 bits per heavy atom. The molecule has 4 aromatic rings. The van der Waals surface area contributed by atoms with E-state index in [1.54, 1.807) is 65.1 Å². The van der Waals surface area contributed by atoms with Gasteiger partial charge in [-0.2, -0.15) is 0 Å². The van der Waals surface area contributed by atoms with Crippen LogP contribution in [0.1, 0.15) is 50.5 Å². The Morgan fingerprint density at radius 3 is 2.45 bits per heavy atom. The number of methoxy groups -OCH3 is 1. The van der Waals surface area contributed by atoms with Gasteiger partial charge in [-0.3, -0.25) is 24.3 Å². The normalized spacial score (nSPS) is 12.0. The number of non-ortho nitro benzene ring substituents is 1. The van der Waals surface area contributed by atoms with E-state index in [-0.39, 0.29) is 17.2 Å². The first kappa shape index (κ1) is 28.2. The van der Waals surface area contributed by atoms with Crippen molar-refractivity contribution in [1.82, 2.24) is 14.5 Å². The van der Waals surface area contributed by atoms with Crippen LogP contribution < -0.4 is 10.3 Å². The minimum absolute atomic E-state index is 0.0178. The smallest absolute Gasteiger partial charge is 0.269 e. The zero-order valence-corrected chi connectivity index (χ0v) is 22.8. The molecule has 1 unspecified atom stereocenters. The van der Waals surface area contributed by atoms with Crippen LogP contribution in [0.2, 0.25) is 0 Å². The summed E-state index contributed by atoms with van der Waals surface area (Å²) in [7, 11) is 1.55. The van der Waals surface area contributed by atoms with E-state index in [0.717, 1.165) is 12.8 Å². The number of amides is 1. The number of hydrogen-bond acceptors (Lipinski definition) is 6. The summed E-state index contributed by atoms with van der Waals surface area (Å²) in [6.45, 7) is 4.48. The second-order valence-corrected chi connectivity index (χ2v) is 9.29. The Bertz CT molecular complexity index is 1590. The molecule has 4 rings (SSSR count). The van der Waals surface area contributed by atoms with E-state index in [1.165, 1.54) is 18.2 Å². The SMILES string of the molecule is CCCCN(C(=O)/C=C/c1ccc([N+](=O)[O-])cc1)C(CC)c1nc2ccccc2c(=O)n1-c1ccccc1OC. The summed E-state index contributed by atoms with van der Waals surface area (Å²) in [5.74, 6) is 0.721. The zero-order valence-electron chi connectivity index (χ0n) is 22.8. The molecule has 0 saturated carbocycles. The molecule has 0 bridgehead atoms. The fourth-order valence-electron chi connectivity index (χ4n) is 4.68. The number of para-hydroxylation sites is 3. The van der Waals surface area contributed by atoms with Crippen LogP contribution in [0.15, 0.2) is 83.7 Å². The van der Waals surface area contributed by atoms with E-state index in [2.05, 4.69) is 6.92 Å². The maximum absolute atomic E-state index is 13.9. The van der Waals surface area contributed by atoms with Crippen molar-refractivity contribution in [2.45, 2.75) is 39.2 Å². The van der Waals surface area contributed by atoms with Gasteiger partial charge >= 0.3 is 0 Å². The third-order valence-electron chi connectivity index (χ3n) is 6.75. The fraction of sp³-hybridized carbons (Fsp3) is 0.258. The number of carbonyl (C=O) groups is 1. The maximum Gasteiger partial charge on any atom is 0.269 e. The number of fused-ring (bicyclic) bond motifs is 1. The van der Waals surface area contributed by atoms with Crippen molar-refractivity contribution in [2.75, 3.05) is 13.7 Å². The third kappa shape index (κ3) is 5.93. The summed E-state index contributed by atoms with van der Waals surface area (Å²) in [5, 5.41) is 11.4. The number of benzene rings is 3. The van der Waals surface area contributed by atoms with Crippen molar-refractivity contribution in [3.05, 3.63) is 111 Å². The number of hydrogen-bond donors (Lipinski definition) is 0. The second kappa shape index (κ2) is 12.8. The van der Waals surface area contributed by atoms with Gasteiger partial charge in [0.05, 0.1) is 34.7 Å². The summed E-state index contributed by atoms with van der Waals surface area (Å²) >= 11 is 0. The number of nitro benzene ring substituents is 1. The Hall–Kier alpha value is -4.79. The van der Waals surface area contributed by atoms with E-state index in [0.29, 0.717) is 46.7 Å². The Labute approximate surface area is 232 Å². The molecular formula is C31H32N4O5. The summed E-state index contributed by atoms with van der Waals surface area (Å²) in [4.78, 5) is 44.8. The van der Waals surface area contributed by atoms with E-state index in [4.69, 9.17) is 9.72 Å². The lowest BCUT2D eigenvalue weighted by Crippen LogP contribution is -2.38. The molecule has 0 saturated heterocycles. The van der Waals surface area contributed by atoms with Crippen LogP contribution in [0.25, 0.3) is 22.7 Å². The lowest BCUT2D eigenvalue weighted by atomic mass is 10.1. The van der Waals surface area contributed by atoms with Crippen LogP contribution in [-0.4, -0.2) is 38.9 Å². The van der Waals surface area contributed by atoms with Crippen LogP contribution in [0.4, 0.5) is 5.69 Å². The monoisotopic (exact) mass is 540 g/mol.